The fourth-order valence-corrected chi connectivity index (χ4v) is 5.95. The molecular formula is C33H46ClN4O9P. The fraction of sp³-hybridized carbons (Fsp3) is 0.576. The van der Waals surface area contributed by atoms with Gasteiger partial charge in [-0.15, -0.1) is 0 Å². The van der Waals surface area contributed by atoms with Gasteiger partial charge in [-0.3, -0.25) is 23.2 Å². The van der Waals surface area contributed by atoms with Gasteiger partial charge in [0.05, 0.1) is 35.0 Å². The Bertz CT molecular complexity index is 1570. The van der Waals surface area contributed by atoms with E-state index >= 15 is 0 Å². The number of carbonyl (C=O) groups is 2. The van der Waals surface area contributed by atoms with Gasteiger partial charge in [0.2, 0.25) is 18.9 Å². The van der Waals surface area contributed by atoms with Crippen molar-refractivity contribution in [2.45, 2.75) is 79.7 Å². The Morgan fingerprint density at radius 2 is 1.60 bits per heavy atom. The number of benzene rings is 1. The number of halogens is 1. The zero-order chi connectivity index (χ0) is 35.3. The monoisotopic (exact) mass is 708 g/mol. The molecule has 2 aromatic heterocycles. The average molecular weight is 709 g/mol. The molecule has 0 radical (unpaired) electrons. The van der Waals surface area contributed by atoms with Crippen molar-refractivity contribution in [2.75, 3.05) is 38.5 Å². The van der Waals surface area contributed by atoms with Crippen molar-refractivity contribution in [1.82, 2.24) is 14.5 Å². The van der Waals surface area contributed by atoms with Crippen molar-refractivity contribution >= 4 is 48.0 Å². The summed E-state index contributed by atoms with van der Waals surface area (Å²) in [5.74, 6) is -0.392. The molecule has 1 aliphatic heterocycles. The Labute approximate surface area is 286 Å². The molecule has 264 valence electrons. The summed E-state index contributed by atoms with van der Waals surface area (Å²) in [5.41, 5.74) is 0.208. The molecule has 1 aromatic carbocycles. The van der Waals surface area contributed by atoms with Gasteiger partial charge in [-0.05, 0) is 84.5 Å². The van der Waals surface area contributed by atoms with Gasteiger partial charge in [-0.1, -0.05) is 30.3 Å². The molecule has 15 heteroatoms. The zero-order valence-corrected chi connectivity index (χ0v) is 30.5. The summed E-state index contributed by atoms with van der Waals surface area (Å²) in [6.07, 6.45) is 2.06. The zero-order valence-electron chi connectivity index (χ0n) is 28.8. The third-order valence-electron chi connectivity index (χ3n) is 7.77. The highest BCUT2D eigenvalue weighted by Gasteiger charge is 2.33. The smallest absolute Gasteiger partial charge is 0.361 e. The Morgan fingerprint density at radius 3 is 2.19 bits per heavy atom. The van der Waals surface area contributed by atoms with E-state index in [1.54, 1.807) is 41.5 Å². The lowest BCUT2D eigenvalue weighted by atomic mass is 9.98. The number of esters is 2. The second kappa shape index (κ2) is 15.7. The predicted octanol–water partition coefficient (Wildman–Crippen LogP) is 7.25. The van der Waals surface area contributed by atoms with Crippen molar-refractivity contribution < 1.29 is 42.1 Å². The molecule has 0 N–H and O–H groups in total. The van der Waals surface area contributed by atoms with Crippen LogP contribution in [-0.4, -0.2) is 66.2 Å². The Balaban J connectivity index is 1.38. The second-order valence-electron chi connectivity index (χ2n) is 13.7. The van der Waals surface area contributed by atoms with Gasteiger partial charge in [-0.2, -0.15) is 9.97 Å². The van der Waals surface area contributed by atoms with Gasteiger partial charge in [0.1, 0.15) is 24.0 Å². The van der Waals surface area contributed by atoms with E-state index in [0.717, 1.165) is 10.9 Å². The molecule has 0 saturated carbocycles. The van der Waals surface area contributed by atoms with Crippen molar-refractivity contribution in [3.63, 3.8) is 0 Å². The topological polar surface area (TPSA) is 141 Å². The van der Waals surface area contributed by atoms with E-state index in [1.165, 1.54) is 0 Å². The fourth-order valence-electron chi connectivity index (χ4n) is 4.81. The molecule has 4 rings (SSSR count). The Hall–Kier alpha value is -3.06. The number of hydrogen-bond acceptors (Lipinski definition) is 12. The van der Waals surface area contributed by atoms with Crippen LogP contribution in [0.2, 0.25) is 5.28 Å². The number of anilines is 1. The van der Waals surface area contributed by atoms with E-state index in [4.69, 9.17) is 39.6 Å². The highest BCUT2D eigenvalue weighted by atomic mass is 35.5. The maximum absolute atomic E-state index is 13.5. The SMILES string of the molecule is C[C@H](c1ccccc1)N(C)c1nc(Cl)nc2c1ccn2[C@H]1CC[C@@H](COCP(=O)(OCOC(=O)C(C)(C)C)OCOC(=O)C(C)(C)C)O1. The molecule has 1 saturated heterocycles. The molecule has 0 spiro atoms. The molecule has 0 unspecified atom stereocenters. The summed E-state index contributed by atoms with van der Waals surface area (Å²) in [6.45, 7) is 11.0. The van der Waals surface area contributed by atoms with Crippen LogP contribution in [0.3, 0.4) is 0 Å². The molecule has 3 heterocycles. The summed E-state index contributed by atoms with van der Waals surface area (Å²) in [6, 6.07) is 12.1. The van der Waals surface area contributed by atoms with Gasteiger partial charge in [0, 0.05) is 13.2 Å². The summed E-state index contributed by atoms with van der Waals surface area (Å²) in [4.78, 5) is 35.4. The number of nitrogens with zero attached hydrogens (tertiary/aromatic N) is 4. The first-order valence-electron chi connectivity index (χ1n) is 15.8. The van der Waals surface area contributed by atoms with Crippen LogP contribution in [0.4, 0.5) is 5.82 Å². The summed E-state index contributed by atoms with van der Waals surface area (Å²) < 4.78 is 48.3. The number of aromatic nitrogens is 3. The lowest BCUT2D eigenvalue weighted by molar-refractivity contribution is -0.162. The molecule has 48 heavy (non-hydrogen) atoms. The van der Waals surface area contributed by atoms with E-state index in [2.05, 4.69) is 33.9 Å². The van der Waals surface area contributed by atoms with Crippen molar-refractivity contribution in [3.05, 3.63) is 53.4 Å². The Morgan fingerprint density at radius 1 is 1.00 bits per heavy atom. The van der Waals surface area contributed by atoms with Crippen LogP contribution in [0, 0.1) is 10.8 Å². The lowest BCUT2D eigenvalue weighted by Crippen LogP contribution is -2.25. The predicted molar refractivity (Wildman–Crippen MR) is 180 cm³/mol. The normalized spacial score (nSPS) is 17.8. The van der Waals surface area contributed by atoms with Crippen LogP contribution >= 0.6 is 19.2 Å². The molecule has 3 aromatic rings. The molecular weight excluding hydrogens is 663 g/mol. The van der Waals surface area contributed by atoms with E-state index in [0.29, 0.717) is 24.3 Å². The first-order valence-corrected chi connectivity index (χ1v) is 17.9. The molecule has 13 nitrogen and oxygen atoms in total. The van der Waals surface area contributed by atoms with E-state index in [-0.39, 0.29) is 30.3 Å². The minimum atomic E-state index is -4.01. The molecule has 0 amide bonds. The maximum Gasteiger partial charge on any atom is 0.361 e. The number of ether oxygens (including phenoxy) is 4. The lowest BCUT2D eigenvalue weighted by Gasteiger charge is -2.27. The van der Waals surface area contributed by atoms with Crippen molar-refractivity contribution in [1.29, 1.82) is 0 Å². The first-order chi connectivity index (χ1) is 22.5. The van der Waals surface area contributed by atoms with E-state index in [1.807, 2.05) is 42.1 Å². The van der Waals surface area contributed by atoms with Gasteiger partial charge in [0.15, 0.2) is 0 Å². The van der Waals surface area contributed by atoms with Crippen LogP contribution in [0.5, 0.6) is 0 Å². The van der Waals surface area contributed by atoms with Gasteiger partial charge in [0.25, 0.3) is 0 Å². The minimum Gasteiger partial charge on any atom is -0.438 e. The molecule has 0 bridgehead atoms. The van der Waals surface area contributed by atoms with E-state index < -0.39 is 50.3 Å². The highest BCUT2D eigenvalue weighted by Crippen LogP contribution is 2.48. The number of rotatable bonds is 14. The maximum atomic E-state index is 13.5. The quantitative estimate of drug-likeness (QED) is 0.0721. The largest absolute Gasteiger partial charge is 0.438 e. The third-order valence-corrected chi connectivity index (χ3v) is 9.44. The molecule has 1 aliphatic rings. The molecule has 1 fully saturated rings. The summed E-state index contributed by atoms with van der Waals surface area (Å²) >= 11 is 6.42. The second-order valence-corrected chi connectivity index (χ2v) is 16.1. The van der Waals surface area contributed by atoms with Gasteiger partial charge in [-0.25, -0.2) is 0 Å². The van der Waals surface area contributed by atoms with Crippen LogP contribution < -0.4 is 4.90 Å². The molecule has 0 aliphatic carbocycles. The number of carbonyl (C=O) groups excluding carboxylic acids is 2. The van der Waals surface area contributed by atoms with Gasteiger partial charge < -0.3 is 28.4 Å². The third kappa shape index (κ3) is 9.77. The summed E-state index contributed by atoms with van der Waals surface area (Å²) in [7, 11) is -2.04. The summed E-state index contributed by atoms with van der Waals surface area (Å²) in [5, 5.41) is 0.960. The van der Waals surface area contributed by atoms with Crippen molar-refractivity contribution in [3.8, 4) is 0 Å². The molecule has 3 atom stereocenters. The van der Waals surface area contributed by atoms with Crippen molar-refractivity contribution in [2.24, 2.45) is 10.8 Å². The number of hydrogen-bond donors (Lipinski definition) is 0. The number of fused-ring (bicyclic) bond motifs is 1. The van der Waals surface area contributed by atoms with Crippen LogP contribution in [0.15, 0.2) is 42.6 Å². The Kier molecular flexibility index (Phi) is 12.3. The minimum absolute atomic E-state index is 0.0352. The van der Waals surface area contributed by atoms with Crippen LogP contribution in [0.25, 0.3) is 11.0 Å². The first kappa shape index (κ1) is 37.8. The highest BCUT2D eigenvalue weighted by molar-refractivity contribution is 7.53. The average Bonchev–Trinajstić information content (AvgIpc) is 3.66. The van der Waals surface area contributed by atoms with Crippen LogP contribution in [0.1, 0.15) is 79.1 Å². The standard InChI is InChI=1S/C33H46ClN4O9P/c1-22(23-12-10-9-11-13-23)37(8)27-25-16-17-38(28(25)36-31(34)35-27)26-15-14-24(47-26)18-42-21-48(41,45-19-43-29(39)32(2,3)4)46-20-44-30(40)33(5,6)7/h9-13,16-17,22,24,26H,14-15,18-21H2,1-8H3/t22-,24+,26-/m1/s1. The van der Waals surface area contributed by atoms with Crippen LogP contribution in [-0.2, 0) is 42.1 Å². The van der Waals surface area contributed by atoms with Gasteiger partial charge >= 0.3 is 19.5 Å². The van der Waals surface area contributed by atoms with E-state index in [9.17, 15) is 14.2 Å².